The number of aromatic amines is 1. The maximum Gasteiger partial charge on any atom is 0.343 e. The van der Waals surface area contributed by atoms with Gasteiger partial charge in [0.1, 0.15) is 16.6 Å². The molecule has 7 nitrogen and oxygen atoms in total. The highest BCUT2D eigenvalue weighted by atomic mass is 16.5. The van der Waals surface area contributed by atoms with Crippen LogP contribution >= 0.6 is 0 Å². The van der Waals surface area contributed by atoms with Crippen LogP contribution in [-0.4, -0.2) is 35.2 Å². The van der Waals surface area contributed by atoms with Crippen molar-refractivity contribution in [1.29, 1.82) is 0 Å². The lowest BCUT2D eigenvalue weighted by Crippen LogP contribution is -2.19. The second kappa shape index (κ2) is 5.43. The van der Waals surface area contributed by atoms with E-state index in [1.165, 1.54) is 13.3 Å². The number of nitrogens with one attached hydrogen (secondary N) is 1. The summed E-state index contributed by atoms with van der Waals surface area (Å²) >= 11 is 0. The summed E-state index contributed by atoms with van der Waals surface area (Å²) < 4.78 is 11.1. The molecule has 0 unspecified atom stereocenters. The highest BCUT2D eigenvalue weighted by molar-refractivity contribution is 6.05. The number of hydrogen-bond donors (Lipinski definition) is 1. The number of hydrogen-bond acceptors (Lipinski definition) is 5. The summed E-state index contributed by atoms with van der Waals surface area (Å²) in [6, 6.07) is 0. The molecule has 2 aromatic heterocycles. The fourth-order valence-electron chi connectivity index (χ4n) is 2.26. The minimum atomic E-state index is -0.695. The van der Waals surface area contributed by atoms with Crippen molar-refractivity contribution >= 4 is 23.0 Å². The van der Waals surface area contributed by atoms with Crippen LogP contribution in [-0.2, 0) is 16.5 Å². The average Bonchev–Trinajstić information content (AvgIpc) is 2.71. The van der Waals surface area contributed by atoms with Gasteiger partial charge in [-0.2, -0.15) is 0 Å². The minimum Gasteiger partial charge on any atom is -0.465 e. The van der Waals surface area contributed by atoms with Crippen LogP contribution in [0.2, 0.25) is 0 Å². The van der Waals surface area contributed by atoms with Gasteiger partial charge in [0.25, 0.3) is 0 Å². The lowest BCUT2D eigenvalue weighted by molar-refractivity contribution is 0.0523. The first kappa shape index (κ1) is 14.8. The summed E-state index contributed by atoms with van der Waals surface area (Å²) in [6.07, 6.45) is 1.26. The lowest BCUT2D eigenvalue weighted by atomic mass is 10.2. The number of nitrogens with zero attached hydrogens (tertiary/aromatic N) is 1. The number of carbonyl (C=O) groups excluding carboxylic acids is 2. The molecular formula is C14H16N2O5. The third kappa shape index (κ3) is 2.20. The first-order valence-electron chi connectivity index (χ1n) is 6.40. The Kier molecular flexibility index (Phi) is 3.84. The highest BCUT2D eigenvalue weighted by Gasteiger charge is 2.24. The van der Waals surface area contributed by atoms with E-state index in [0.717, 1.165) is 0 Å². The van der Waals surface area contributed by atoms with E-state index in [1.807, 2.05) is 0 Å². The molecule has 0 bridgehead atoms. The van der Waals surface area contributed by atoms with Crippen LogP contribution < -0.4 is 5.43 Å². The van der Waals surface area contributed by atoms with Crippen LogP contribution in [0.3, 0.4) is 0 Å². The first-order chi connectivity index (χ1) is 9.93. The van der Waals surface area contributed by atoms with Crippen molar-refractivity contribution in [1.82, 2.24) is 9.55 Å². The Morgan fingerprint density at radius 3 is 2.57 bits per heavy atom. The molecular weight excluding hydrogens is 276 g/mol. The Morgan fingerprint density at radius 1 is 1.33 bits per heavy atom. The highest BCUT2D eigenvalue weighted by Crippen LogP contribution is 2.22. The van der Waals surface area contributed by atoms with E-state index in [1.54, 1.807) is 25.5 Å². The van der Waals surface area contributed by atoms with E-state index in [4.69, 9.17) is 9.47 Å². The van der Waals surface area contributed by atoms with E-state index in [2.05, 4.69) is 4.98 Å². The van der Waals surface area contributed by atoms with Crippen LogP contribution in [0.1, 0.15) is 33.3 Å². The Hall–Kier alpha value is -2.57. The number of H-pyrrole nitrogens is 1. The van der Waals surface area contributed by atoms with Crippen LogP contribution in [0.25, 0.3) is 11.0 Å². The SMILES string of the molecule is CCOC(=O)c1c[nH]c2c(C(=O)OC)c(C)n(C)c2c1=O. The standard InChI is InChI=1S/C14H16N2O5/c1-5-21-13(18)8-6-15-10-9(14(19)20-4)7(2)16(3)11(10)12(8)17/h6H,5H2,1-4H3,(H,15,17). The van der Waals surface area contributed by atoms with E-state index in [-0.39, 0.29) is 23.3 Å². The number of esters is 2. The lowest BCUT2D eigenvalue weighted by Gasteiger charge is -2.02. The number of carbonyl (C=O) groups is 2. The summed E-state index contributed by atoms with van der Waals surface area (Å²) in [5.41, 5.74) is 0.858. The molecule has 0 aliphatic carbocycles. The Bertz CT molecular complexity index is 785. The van der Waals surface area contributed by atoms with Gasteiger partial charge in [-0.15, -0.1) is 0 Å². The fraction of sp³-hybridized carbons (Fsp3) is 0.357. The second-order valence-corrected chi connectivity index (χ2v) is 4.49. The summed E-state index contributed by atoms with van der Waals surface area (Å²) in [7, 11) is 2.92. The number of pyridine rings is 1. The molecule has 0 aliphatic heterocycles. The molecule has 2 aromatic rings. The third-order valence-electron chi connectivity index (χ3n) is 3.39. The summed E-state index contributed by atoms with van der Waals surface area (Å²) in [6.45, 7) is 3.53. The number of methoxy groups -OCH3 is 1. The summed E-state index contributed by atoms with van der Waals surface area (Å²) in [4.78, 5) is 38.9. The van der Waals surface area contributed by atoms with Gasteiger partial charge in [-0.3, -0.25) is 4.79 Å². The van der Waals surface area contributed by atoms with Crippen LogP contribution in [0.4, 0.5) is 0 Å². The predicted molar refractivity (Wildman–Crippen MR) is 75.6 cm³/mol. The summed E-state index contributed by atoms with van der Waals surface area (Å²) in [5, 5.41) is 0. The fourth-order valence-corrected chi connectivity index (χ4v) is 2.26. The quantitative estimate of drug-likeness (QED) is 0.857. The number of aromatic nitrogens is 2. The predicted octanol–water partition coefficient (Wildman–Crippen LogP) is 1.14. The van der Waals surface area contributed by atoms with Gasteiger partial charge in [-0.05, 0) is 13.8 Å². The van der Waals surface area contributed by atoms with Gasteiger partial charge < -0.3 is 19.0 Å². The number of ether oxygens (including phenoxy) is 2. The van der Waals surface area contributed by atoms with Gasteiger partial charge in [-0.1, -0.05) is 0 Å². The molecule has 0 saturated heterocycles. The molecule has 0 atom stereocenters. The van der Waals surface area contributed by atoms with Crippen molar-refractivity contribution in [2.45, 2.75) is 13.8 Å². The molecule has 0 amide bonds. The minimum absolute atomic E-state index is 0.0960. The van der Waals surface area contributed by atoms with Gasteiger partial charge in [-0.25, -0.2) is 9.59 Å². The first-order valence-corrected chi connectivity index (χ1v) is 6.40. The summed E-state index contributed by atoms with van der Waals surface area (Å²) in [5.74, 6) is -1.24. The number of aryl methyl sites for hydroxylation is 1. The maximum atomic E-state index is 12.4. The monoisotopic (exact) mass is 292 g/mol. The third-order valence-corrected chi connectivity index (χ3v) is 3.39. The molecule has 21 heavy (non-hydrogen) atoms. The molecule has 2 rings (SSSR count). The normalized spacial score (nSPS) is 10.7. The van der Waals surface area contributed by atoms with Gasteiger partial charge in [0.05, 0.1) is 19.2 Å². The molecule has 0 fully saturated rings. The molecule has 0 saturated carbocycles. The van der Waals surface area contributed by atoms with E-state index >= 15 is 0 Å². The smallest absolute Gasteiger partial charge is 0.343 e. The van der Waals surface area contributed by atoms with Crippen molar-refractivity contribution in [3.8, 4) is 0 Å². The Balaban J connectivity index is 2.79. The van der Waals surface area contributed by atoms with Crippen LogP contribution in [0.15, 0.2) is 11.0 Å². The van der Waals surface area contributed by atoms with E-state index in [0.29, 0.717) is 11.2 Å². The van der Waals surface area contributed by atoms with E-state index in [9.17, 15) is 14.4 Å². The molecule has 0 radical (unpaired) electrons. The zero-order valence-corrected chi connectivity index (χ0v) is 12.3. The van der Waals surface area contributed by atoms with Crippen molar-refractivity contribution in [2.24, 2.45) is 7.05 Å². The van der Waals surface area contributed by atoms with Gasteiger partial charge in [0.2, 0.25) is 5.43 Å². The molecule has 7 heteroatoms. The Labute approximate surface area is 120 Å². The molecule has 2 heterocycles. The molecule has 0 aromatic carbocycles. The zero-order valence-electron chi connectivity index (χ0n) is 12.3. The molecule has 112 valence electrons. The average molecular weight is 292 g/mol. The van der Waals surface area contributed by atoms with Crippen molar-refractivity contribution < 1.29 is 19.1 Å². The van der Waals surface area contributed by atoms with Crippen LogP contribution in [0.5, 0.6) is 0 Å². The number of fused-ring (bicyclic) bond motifs is 1. The van der Waals surface area contributed by atoms with Crippen molar-refractivity contribution in [3.63, 3.8) is 0 Å². The van der Waals surface area contributed by atoms with Gasteiger partial charge in [0, 0.05) is 18.9 Å². The van der Waals surface area contributed by atoms with E-state index < -0.39 is 17.4 Å². The zero-order chi connectivity index (χ0) is 15.7. The van der Waals surface area contributed by atoms with Crippen molar-refractivity contribution in [2.75, 3.05) is 13.7 Å². The second-order valence-electron chi connectivity index (χ2n) is 4.49. The van der Waals surface area contributed by atoms with Gasteiger partial charge in [0.15, 0.2) is 0 Å². The van der Waals surface area contributed by atoms with Gasteiger partial charge >= 0.3 is 11.9 Å². The maximum absolute atomic E-state index is 12.4. The molecule has 1 N–H and O–H groups in total. The largest absolute Gasteiger partial charge is 0.465 e. The number of rotatable bonds is 3. The van der Waals surface area contributed by atoms with Crippen molar-refractivity contribution in [3.05, 3.63) is 33.2 Å². The Morgan fingerprint density at radius 2 is 2.00 bits per heavy atom. The molecule has 0 aliphatic rings. The molecule has 0 spiro atoms. The topological polar surface area (TPSA) is 90.4 Å². The van der Waals surface area contributed by atoms with Crippen LogP contribution in [0, 0.1) is 6.92 Å².